The van der Waals surface area contributed by atoms with Crippen molar-refractivity contribution in [2.75, 3.05) is 18.8 Å². The van der Waals surface area contributed by atoms with Gasteiger partial charge in [0.2, 0.25) is 10.0 Å². The average Bonchev–Trinajstić information content (AvgIpc) is 2.38. The van der Waals surface area contributed by atoms with Gasteiger partial charge in [0.15, 0.2) is 0 Å². The maximum absolute atomic E-state index is 12.6. The van der Waals surface area contributed by atoms with Crippen molar-refractivity contribution in [3.05, 3.63) is 22.7 Å². The van der Waals surface area contributed by atoms with Crippen molar-refractivity contribution in [2.24, 2.45) is 5.92 Å². The topological polar surface area (TPSA) is 83.6 Å². The standard InChI is InChI=1S/C13H19ClN2O3S/c1-8-5-10(6-11(15)13(8)14)20(18,19)16-4-3-12(17)9(2)7-16/h5-6,9,12,17H,3-4,7,15H2,1-2H3. The molecular formula is C13H19ClN2O3S. The van der Waals surface area contributed by atoms with Crippen molar-refractivity contribution >= 4 is 27.3 Å². The summed E-state index contributed by atoms with van der Waals surface area (Å²) in [6.45, 7) is 4.19. The van der Waals surface area contributed by atoms with E-state index in [0.29, 0.717) is 30.1 Å². The zero-order valence-electron chi connectivity index (χ0n) is 11.5. The minimum Gasteiger partial charge on any atom is -0.397 e. The smallest absolute Gasteiger partial charge is 0.243 e. The van der Waals surface area contributed by atoms with Crippen LogP contribution < -0.4 is 5.73 Å². The van der Waals surface area contributed by atoms with Gasteiger partial charge in [-0.3, -0.25) is 0 Å². The Morgan fingerprint density at radius 1 is 1.45 bits per heavy atom. The van der Waals surface area contributed by atoms with Gasteiger partial charge in [-0.2, -0.15) is 4.31 Å². The van der Waals surface area contributed by atoms with Gasteiger partial charge in [0.05, 0.1) is 21.7 Å². The van der Waals surface area contributed by atoms with Gasteiger partial charge in [-0.25, -0.2) is 8.42 Å². The number of aliphatic hydroxyl groups is 1. The summed E-state index contributed by atoms with van der Waals surface area (Å²) in [4.78, 5) is 0.153. The molecule has 112 valence electrons. The molecule has 1 aromatic carbocycles. The highest BCUT2D eigenvalue weighted by Crippen LogP contribution is 2.30. The molecule has 1 aromatic rings. The maximum Gasteiger partial charge on any atom is 0.243 e. The molecule has 1 fully saturated rings. The molecule has 5 nitrogen and oxygen atoms in total. The van der Waals surface area contributed by atoms with E-state index in [4.69, 9.17) is 17.3 Å². The molecule has 1 aliphatic heterocycles. The number of piperidine rings is 1. The molecule has 0 aliphatic carbocycles. The van der Waals surface area contributed by atoms with Crippen LogP contribution in [0.4, 0.5) is 5.69 Å². The summed E-state index contributed by atoms with van der Waals surface area (Å²) in [5.74, 6) is -0.0794. The van der Waals surface area contributed by atoms with Crippen molar-refractivity contribution < 1.29 is 13.5 Å². The van der Waals surface area contributed by atoms with Crippen LogP contribution in [0.5, 0.6) is 0 Å². The number of rotatable bonds is 2. The fraction of sp³-hybridized carbons (Fsp3) is 0.538. The summed E-state index contributed by atoms with van der Waals surface area (Å²) in [5.41, 5.74) is 6.64. The van der Waals surface area contributed by atoms with E-state index in [1.807, 2.05) is 6.92 Å². The lowest BCUT2D eigenvalue weighted by Crippen LogP contribution is -2.44. The molecule has 7 heteroatoms. The van der Waals surface area contributed by atoms with E-state index in [2.05, 4.69) is 0 Å². The number of nitrogens with zero attached hydrogens (tertiary/aromatic N) is 1. The molecule has 0 saturated carbocycles. The van der Waals surface area contributed by atoms with Gasteiger partial charge < -0.3 is 10.8 Å². The van der Waals surface area contributed by atoms with Crippen molar-refractivity contribution in [3.8, 4) is 0 Å². The molecule has 2 rings (SSSR count). The van der Waals surface area contributed by atoms with Crippen LogP contribution in [0.25, 0.3) is 0 Å². The van der Waals surface area contributed by atoms with Gasteiger partial charge in [0.1, 0.15) is 0 Å². The highest BCUT2D eigenvalue weighted by atomic mass is 35.5. The molecule has 1 heterocycles. The van der Waals surface area contributed by atoms with Crippen LogP contribution in [0.2, 0.25) is 5.02 Å². The van der Waals surface area contributed by atoms with Crippen molar-refractivity contribution in [1.82, 2.24) is 4.31 Å². The Kier molecular flexibility index (Phi) is 4.30. The van der Waals surface area contributed by atoms with Crippen molar-refractivity contribution in [3.63, 3.8) is 0 Å². The quantitative estimate of drug-likeness (QED) is 0.812. The van der Waals surface area contributed by atoms with Crippen LogP contribution in [0.15, 0.2) is 17.0 Å². The Hall–Kier alpha value is -0.820. The van der Waals surface area contributed by atoms with Gasteiger partial charge in [0, 0.05) is 13.1 Å². The van der Waals surface area contributed by atoms with E-state index in [9.17, 15) is 13.5 Å². The van der Waals surface area contributed by atoms with Crippen LogP contribution >= 0.6 is 11.6 Å². The molecule has 0 aromatic heterocycles. The third kappa shape index (κ3) is 2.79. The SMILES string of the molecule is Cc1cc(S(=O)(=O)N2CCC(O)C(C)C2)cc(N)c1Cl. The number of halogens is 1. The normalized spacial score (nSPS) is 24.8. The highest BCUT2D eigenvalue weighted by Gasteiger charge is 2.33. The number of hydrogen-bond donors (Lipinski definition) is 2. The Morgan fingerprint density at radius 2 is 2.10 bits per heavy atom. The molecule has 3 N–H and O–H groups in total. The first-order chi connectivity index (χ1) is 9.23. The number of anilines is 1. The summed E-state index contributed by atoms with van der Waals surface area (Å²) >= 11 is 5.96. The fourth-order valence-corrected chi connectivity index (χ4v) is 4.16. The number of nitrogen functional groups attached to an aromatic ring is 1. The number of hydrogen-bond acceptors (Lipinski definition) is 4. The Bertz CT molecular complexity index is 595. The molecule has 1 aliphatic rings. The van der Waals surface area contributed by atoms with Gasteiger partial charge in [-0.1, -0.05) is 18.5 Å². The van der Waals surface area contributed by atoms with Gasteiger partial charge in [-0.05, 0) is 37.0 Å². The van der Waals surface area contributed by atoms with Crippen LogP contribution in [-0.2, 0) is 10.0 Å². The Balaban J connectivity index is 2.36. The molecule has 0 bridgehead atoms. The molecule has 0 amide bonds. The molecule has 2 unspecified atom stereocenters. The largest absolute Gasteiger partial charge is 0.397 e. The third-order valence-corrected chi connectivity index (χ3v) is 6.08. The van der Waals surface area contributed by atoms with Crippen molar-refractivity contribution in [2.45, 2.75) is 31.3 Å². The number of nitrogens with two attached hydrogens (primary N) is 1. The van der Waals surface area contributed by atoms with Crippen LogP contribution in [0, 0.1) is 12.8 Å². The van der Waals surface area contributed by atoms with E-state index < -0.39 is 16.1 Å². The molecule has 1 saturated heterocycles. The lowest BCUT2D eigenvalue weighted by Gasteiger charge is -2.33. The molecule has 2 atom stereocenters. The van der Waals surface area contributed by atoms with E-state index in [0.717, 1.165) is 0 Å². The first-order valence-electron chi connectivity index (χ1n) is 6.47. The predicted octanol–water partition coefficient (Wildman–Crippen LogP) is 1.62. The van der Waals surface area contributed by atoms with E-state index >= 15 is 0 Å². The third-order valence-electron chi connectivity index (χ3n) is 3.72. The minimum absolute atomic E-state index is 0.0794. The zero-order valence-corrected chi connectivity index (χ0v) is 13.1. The molecule has 0 spiro atoms. The zero-order chi connectivity index (χ0) is 15.1. The fourth-order valence-electron chi connectivity index (χ4n) is 2.37. The summed E-state index contributed by atoms with van der Waals surface area (Å²) in [7, 11) is -3.60. The first kappa shape index (κ1) is 15.6. The Morgan fingerprint density at radius 3 is 2.65 bits per heavy atom. The number of aryl methyl sites for hydroxylation is 1. The van der Waals surface area contributed by atoms with Gasteiger partial charge in [-0.15, -0.1) is 0 Å². The summed E-state index contributed by atoms with van der Waals surface area (Å²) in [5, 5.41) is 10.1. The number of sulfonamides is 1. The molecule has 0 radical (unpaired) electrons. The van der Waals surface area contributed by atoms with Gasteiger partial charge in [0.25, 0.3) is 0 Å². The summed E-state index contributed by atoms with van der Waals surface area (Å²) < 4.78 is 26.6. The first-order valence-corrected chi connectivity index (χ1v) is 8.29. The lowest BCUT2D eigenvalue weighted by molar-refractivity contribution is 0.0628. The van der Waals surface area contributed by atoms with Crippen molar-refractivity contribution in [1.29, 1.82) is 0 Å². The van der Waals surface area contributed by atoms with Crippen LogP contribution in [0.3, 0.4) is 0 Å². The number of benzene rings is 1. The monoisotopic (exact) mass is 318 g/mol. The summed E-state index contributed by atoms with van der Waals surface area (Å²) in [6, 6.07) is 2.92. The maximum atomic E-state index is 12.6. The van der Waals surface area contributed by atoms with Gasteiger partial charge >= 0.3 is 0 Å². The van der Waals surface area contributed by atoms with E-state index in [-0.39, 0.29) is 16.5 Å². The molecular weight excluding hydrogens is 300 g/mol. The second kappa shape index (κ2) is 5.52. The van der Waals surface area contributed by atoms with Crippen LogP contribution in [0.1, 0.15) is 18.9 Å². The predicted molar refractivity (Wildman–Crippen MR) is 79.1 cm³/mol. The second-order valence-electron chi connectivity index (χ2n) is 5.34. The Labute approximate surface area is 124 Å². The highest BCUT2D eigenvalue weighted by molar-refractivity contribution is 7.89. The summed E-state index contributed by atoms with van der Waals surface area (Å²) in [6.07, 6.45) is 0.00102. The van der Waals surface area contributed by atoms with E-state index in [1.54, 1.807) is 6.92 Å². The lowest BCUT2D eigenvalue weighted by atomic mass is 9.99. The van der Waals surface area contributed by atoms with E-state index in [1.165, 1.54) is 16.4 Å². The second-order valence-corrected chi connectivity index (χ2v) is 7.66. The number of aliphatic hydroxyl groups excluding tert-OH is 1. The molecule has 20 heavy (non-hydrogen) atoms. The average molecular weight is 319 g/mol. The minimum atomic E-state index is -3.60. The van der Waals surface area contributed by atoms with Crippen LogP contribution in [-0.4, -0.2) is 37.0 Å².